The third-order valence-electron chi connectivity index (χ3n) is 3.72. The summed E-state index contributed by atoms with van der Waals surface area (Å²) in [6.45, 7) is -0.0599. The molecule has 0 saturated heterocycles. The van der Waals surface area contributed by atoms with Gasteiger partial charge in [-0.3, -0.25) is 9.59 Å². The number of para-hydroxylation sites is 1. The van der Waals surface area contributed by atoms with E-state index < -0.39 is 5.97 Å². The van der Waals surface area contributed by atoms with Crippen molar-refractivity contribution < 1.29 is 19.1 Å². The van der Waals surface area contributed by atoms with Crippen molar-refractivity contribution in [2.75, 3.05) is 20.3 Å². The van der Waals surface area contributed by atoms with Crippen LogP contribution in [0.3, 0.4) is 0 Å². The van der Waals surface area contributed by atoms with Crippen molar-refractivity contribution in [3.63, 3.8) is 0 Å². The summed E-state index contributed by atoms with van der Waals surface area (Å²) in [5, 5.41) is 0. The van der Waals surface area contributed by atoms with Gasteiger partial charge in [0.05, 0.1) is 7.11 Å². The Hall–Kier alpha value is -2.04. The van der Waals surface area contributed by atoms with Gasteiger partial charge in [-0.15, -0.1) is 0 Å². The fourth-order valence-electron chi connectivity index (χ4n) is 2.59. The van der Waals surface area contributed by atoms with Crippen LogP contribution < -0.4 is 4.74 Å². The number of benzene rings is 1. The highest BCUT2D eigenvalue weighted by Crippen LogP contribution is 2.23. The number of carbonyl (C=O) groups is 2. The Labute approximate surface area is 124 Å². The van der Waals surface area contributed by atoms with Crippen LogP contribution in [0.15, 0.2) is 30.3 Å². The van der Waals surface area contributed by atoms with E-state index in [9.17, 15) is 9.59 Å². The molecule has 0 radical (unpaired) electrons. The molecule has 1 saturated carbocycles. The second-order valence-electron chi connectivity index (χ2n) is 5.14. The summed E-state index contributed by atoms with van der Waals surface area (Å²) in [6, 6.07) is 9.31. The molecule has 1 aromatic rings. The molecular weight excluding hydrogens is 270 g/mol. The van der Waals surface area contributed by atoms with Gasteiger partial charge in [-0.25, -0.2) is 0 Å². The normalized spacial score (nSPS) is 14.7. The van der Waals surface area contributed by atoms with Crippen molar-refractivity contribution in [3.8, 4) is 5.75 Å². The van der Waals surface area contributed by atoms with E-state index >= 15 is 0 Å². The zero-order valence-corrected chi connectivity index (χ0v) is 12.3. The summed E-state index contributed by atoms with van der Waals surface area (Å²) in [5.41, 5.74) is 0. The monoisotopic (exact) mass is 291 g/mol. The van der Waals surface area contributed by atoms with E-state index in [0.717, 1.165) is 25.7 Å². The molecule has 1 fully saturated rings. The third-order valence-corrected chi connectivity index (χ3v) is 3.72. The Balaban J connectivity index is 1.94. The second-order valence-corrected chi connectivity index (χ2v) is 5.14. The molecular formula is C16H21NO4. The summed E-state index contributed by atoms with van der Waals surface area (Å²) in [5.74, 6) is 0.0846. The summed E-state index contributed by atoms with van der Waals surface area (Å²) >= 11 is 0. The van der Waals surface area contributed by atoms with Gasteiger partial charge in [-0.2, -0.15) is 0 Å². The molecule has 114 valence electrons. The van der Waals surface area contributed by atoms with Gasteiger partial charge in [0.1, 0.15) is 12.3 Å². The maximum atomic E-state index is 12.3. The molecule has 1 amide bonds. The molecule has 1 aromatic carbocycles. The summed E-state index contributed by atoms with van der Waals surface area (Å²) < 4.78 is 10.2. The first-order chi connectivity index (χ1) is 10.2. The number of amides is 1. The van der Waals surface area contributed by atoms with Gasteiger partial charge in [0.15, 0.2) is 6.61 Å². The van der Waals surface area contributed by atoms with E-state index in [1.54, 1.807) is 17.0 Å². The van der Waals surface area contributed by atoms with E-state index in [1.165, 1.54) is 7.11 Å². The Morgan fingerprint density at radius 1 is 1.19 bits per heavy atom. The van der Waals surface area contributed by atoms with Crippen LogP contribution >= 0.6 is 0 Å². The average Bonchev–Trinajstić information content (AvgIpc) is 3.05. The molecule has 0 heterocycles. The predicted molar refractivity (Wildman–Crippen MR) is 77.9 cm³/mol. The largest absolute Gasteiger partial charge is 0.484 e. The molecule has 21 heavy (non-hydrogen) atoms. The van der Waals surface area contributed by atoms with Crippen LogP contribution in [0.5, 0.6) is 5.75 Å². The van der Waals surface area contributed by atoms with Gasteiger partial charge < -0.3 is 14.4 Å². The fraction of sp³-hybridized carbons (Fsp3) is 0.500. The number of esters is 1. The van der Waals surface area contributed by atoms with Gasteiger partial charge in [0, 0.05) is 6.04 Å². The number of methoxy groups -OCH3 is 1. The minimum absolute atomic E-state index is 0.00184. The van der Waals surface area contributed by atoms with Crippen molar-refractivity contribution in [2.45, 2.75) is 31.7 Å². The standard InChI is InChI=1S/C16H21NO4/c1-20-16(19)11-17(13-7-5-6-8-13)15(18)12-21-14-9-3-2-4-10-14/h2-4,9-10,13H,5-8,11-12H2,1H3. The molecule has 1 aliphatic rings. The van der Waals surface area contributed by atoms with Crippen molar-refractivity contribution >= 4 is 11.9 Å². The molecule has 0 aliphatic heterocycles. The number of hydrogen-bond acceptors (Lipinski definition) is 4. The van der Waals surface area contributed by atoms with Crippen molar-refractivity contribution in [3.05, 3.63) is 30.3 Å². The van der Waals surface area contributed by atoms with Crippen LogP contribution in [-0.4, -0.2) is 43.1 Å². The molecule has 2 rings (SSSR count). The van der Waals surface area contributed by atoms with Crippen LogP contribution in [0, 0.1) is 0 Å². The van der Waals surface area contributed by atoms with Gasteiger partial charge in [-0.1, -0.05) is 31.0 Å². The molecule has 0 bridgehead atoms. The van der Waals surface area contributed by atoms with Crippen molar-refractivity contribution in [1.82, 2.24) is 4.90 Å². The fourth-order valence-corrected chi connectivity index (χ4v) is 2.59. The van der Waals surface area contributed by atoms with E-state index in [2.05, 4.69) is 4.74 Å². The van der Waals surface area contributed by atoms with Crippen LogP contribution in [0.2, 0.25) is 0 Å². The maximum Gasteiger partial charge on any atom is 0.325 e. The maximum absolute atomic E-state index is 12.3. The highest BCUT2D eigenvalue weighted by molar-refractivity contribution is 5.83. The van der Waals surface area contributed by atoms with Gasteiger partial charge in [0.25, 0.3) is 5.91 Å². The average molecular weight is 291 g/mol. The molecule has 5 nitrogen and oxygen atoms in total. The van der Waals surface area contributed by atoms with Gasteiger partial charge in [-0.05, 0) is 25.0 Å². The Morgan fingerprint density at radius 2 is 1.86 bits per heavy atom. The SMILES string of the molecule is COC(=O)CN(C(=O)COc1ccccc1)C1CCCC1. The summed E-state index contributed by atoms with van der Waals surface area (Å²) in [4.78, 5) is 25.4. The lowest BCUT2D eigenvalue weighted by atomic mass is 10.2. The Morgan fingerprint density at radius 3 is 2.48 bits per heavy atom. The zero-order chi connectivity index (χ0) is 15.1. The molecule has 1 aliphatic carbocycles. The predicted octanol–water partition coefficient (Wildman–Crippen LogP) is 2.01. The number of nitrogens with zero attached hydrogens (tertiary/aromatic N) is 1. The van der Waals surface area contributed by atoms with Gasteiger partial charge >= 0.3 is 5.97 Å². The zero-order valence-electron chi connectivity index (χ0n) is 12.3. The Kier molecular flexibility index (Phi) is 5.60. The molecule has 0 N–H and O–H groups in total. The van der Waals surface area contributed by atoms with E-state index in [4.69, 9.17) is 4.74 Å². The lowest BCUT2D eigenvalue weighted by Gasteiger charge is -2.27. The van der Waals surface area contributed by atoms with Crippen LogP contribution in [0.1, 0.15) is 25.7 Å². The van der Waals surface area contributed by atoms with Crippen LogP contribution in [0.4, 0.5) is 0 Å². The number of rotatable bonds is 6. The summed E-state index contributed by atoms with van der Waals surface area (Å²) in [6.07, 6.45) is 4.06. The first-order valence-corrected chi connectivity index (χ1v) is 7.25. The van der Waals surface area contributed by atoms with Crippen molar-refractivity contribution in [2.24, 2.45) is 0 Å². The van der Waals surface area contributed by atoms with Crippen molar-refractivity contribution in [1.29, 1.82) is 0 Å². The highest BCUT2D eigenvalue weighted by atomic mass is 16.5. The minimum Gasteiger partial charge on any atom is -0.484 e. The molecule has 0 atom stereocenters. The number of ether oxygens (including phenoxy) is 2. The second kappa shape index (κ2) is 7.67. The quantitative estimate of drug-likeness (QED) is 0.752. The highest BCUT2D eigenvalue weighted by Gasteiger charge is 2.28. The van der Waals surface area contributed by atoms with Crippen LogP contribution in [-0.2, 0) is 14.3 Å². The number of carbonyl (C=O) groups excluding carboxylic acids is 2. The first kappa shape index (κ1) is 15.4. The van der Waals surface area contributed by atoms with E-state index in [1.807, 2.05) is 18.2 Å². The van der Waals surface area contributed by atoms with Gasteiger partial charge in [0.2, 0.25) is 0 Å². The molecule has 5 heteroatoms. The smallest absolute Gasteiger partial charge is 0.325 e. The van der Waals surface area contributed by atoms with E-state index in [-0.39, 0.29) is 25.1 Å². The minimum atomic E-state index is -0.394. The lowest BCUT2D eigenvalue weighted by molar-refractivity contribution is -0.149. The third kappa shape index (κ3) is 4.48. The van der Waals surface area contributed by atoms with Crippen LogP contribution in [0.25, 0.3) is 0 Å². The molecule has 0 aromatic heterocycles. The number of hydrogen-bond donors (Lipinski definition) is 0. The lowest BCUT2D eigenvalue weighted by Crippen LogP contribution is -2.44. The molecule has 0 unspecified atom stereocenters. The summed E-state index contributed by atoms with van der Waals surface area (Å²) in [7, 11) is 1.33. The van der Waals surface area contributed by atoms with E-state index in [0.29, 0.717) is 5.75 Å². The molecule has 0 spiro atoms. The Bertz CT molecular complexity index is 468. The topological polar surface area (TPSA) is 55.8 Å². The first-order valence-electron chi connectivity index (χ1n) is 7.25.